The quantitative estimate of drug-likeness (QED) is 0.616. The van der Waals surface area contributed by atoms with E-state index in [2.05, 4.69) is 15.5 Å². The van der Waals surface area contributed by atoms with Gasteiger partial charge in [0.05, 0.1) is 5.56 Å². The summed E-state index contributed by atoms with van der Waals surface area (Å²) in [7, 11) is 0. The van der Waals surface area contributed by atoms with E-state index in [0.29, 0.717) is 0 Å². The average molecular weight is 236 g/mol. The third kappa shape index (κ3) is 2.03. The lowest BCUT2D eigenvalue weighted by atomic mass is 10.2. The van der Waals surface area contributed by atoms with Gasteiger partial charge in [-0.1, -0.05) is 12.1 Å². The molecule has 0 spiro atoms. The minimum atomic E-state index is -0.736. The summed E-state index contributed by atoms with van der Waals surface area (Å²) in [5, 5.41) is 6.77. The van der Waals surface area contributed by atoms with Crippen molar-refractivity contribution in [2.45, 2.75) is 0 Å². The lowest BCUT2D eigenvalue weighted by Crippen LogP contribution is -2.18. The van der Waals surface area contributed by atoms with Gasteiger partial charge in [0.2, 0.25) is 0 Å². The van der Waals surface area contributed by atoms with E-state index in [9.17, 15) is 14.0 Å². The van der Waals surface area contributed by atoms with Crippen LogP contribution in [0.3, 0.4) is 0 Å². The van der Waals surface area contributed by atoms with E-state index < -0.39 is 17.3 Å². The predicted molar refractivity (Wildman–Crippen MR) is 60.2 cm³/mol. The molecule has 0 aliphatic carbocycles. The molecule has 17 heavy (non-hydrogen) atoms. The molecule has 0 unspecified atom stereocenters. The summed E-state index contributed by atoms with van der Waals surface area (Å²) in [5.41, 5.74) is 4.55. The molecule has 1 aromatic carbocycles. The number of hydrogen-bond acceptors (Lipinski definition) is 3. The Kier molecular flexibility index (Phi) is 2.65. The topological polar surface area (TPSA) is 104 Å². The van der Waals surface area contributed by atoms with Gasteiger partial charge in [-0.05, 0) is 12.1 Å². The molecular formula is C10H9FN4O2. The van der Waals surface area contributed by atoms with Crippen LogP contribution in [0.5, 0.6) is 0 Å². The molecule has 88 valence electrons. The van der Waals surface area contributed by atoms with Crippen molar-refractivity contribution in [1.82, 2.24) is 10.2 Å². The molecule has 0 aliphatic rings. The van der Waals surface area contributed by atoms with Gasteiger partial charge in [-0.25, -0.2) is 4.39 Å². The van der Waals surface area contributed by atoms with E-state index in [0.717, 1.165) is 6.07 Å². The second-order valence-electron chi connectivity index (χ2n) is 3.30. The number of benzene rings is 1. The first kappa shape index (κ1) is 10.9. The van der Waals surface area contributed by atoms with Gasteiger partial charge >= 0.3 is 0 Å². The zero-order valence-corrected chi connectivity index (χ0v) is 8.58. The van der Waals surface area contributed by atoms with Crippen molar-refractivity contribution in [3.05, 3.63) is 46.0 Å². The smallest absolute Gasteiger partial charge is 0.289 e. The van der Waals surface area contributed by atoms with Gasteiger partial charge in [-0.2, -0.15) is 0 Å². The summed E-state index contributed by atoms with van der Waals surface area (Å²) in [6.45, 7) is 0. The third-order valence-corrected chi connectivity index (χ3v) is 2.16. The Hall–Kier alpha value is -2.57. The largest absolute Gasteiger partial charge is 0.382 e. The van der Waals surface area contributed by atoms with Gasteiger partial charge in [0.15, 0.2) is 5.69 Å². The number of carbonyl (C=O) groups excluding carboxylic acids is 1. The highest BCUT2D eigenvalue weighted by Crippen LogP contribution is 2.12. The first-order chi connectivity index (χ1) is 8.09. The number of hydrogen-bond donors (Lipinski definition) is 4. The van der Waals surface area contributed by atoms with Gasteiger partial charge < -0.3 is 11.1 Å². The van der Waals surface area contributed by atoms with Crippen LogP contribution in [0.4, 0.5) is 15.9 Å². The SMILES string of the molecule is Nc1[nH][nH]c(=O)c1NC(=O)c1ccccc1F. The number of nitrogen functional groups attached to an aromatic ring is 1. The Morgan fingerprint density at radius 1 is 1.29 bits per heavy atom. The summed E-state index contributed by atoms with van der Waals surface area (Å²) in [4.78, 5) is 22.9. The Balaban J connectivity index is 2.30. The minimum Gasteiger partial charge on any atom is -0.382 e. The first-order valence-electron chi connectivity index (χ1n) is 4.71. The van der Waals surface area contributed by atoms with Crippen molar-refractivity contribution in [3.63, 3.8) is 0 Å². The molecule has 7 heteroatoms. The van der Waals surface area contributed by atoms with Gasteiger partial charge in [0, 0.05) is 0 Å². The zero-order chi connectivity index (χ0) is 12.4. The van der Waals surface area contributed by atoms with Gasteiger partial charge in [-0.3, -0.25) is 19.8 Å². The molecular weight excluding hydrogens is 227 g/mol. The number of nitrogens with two attached hydrogens (primary N) is 1. The Morgan fingerprint density at radius 2 is 2.00 bits per heavy atom. The molecule has 0 bridgehead atoms. The Labute approximate surface area is 94.6 Å². The number of halogens is 1. The second-order valence-corrected chi connectivity index (χ2v) is 3.30. The van der Waals surface area contributed by atoms with Crippen LogP contribution in [-0.4, -0.2) is 16.1 Å². The minimum absolute atomic E-state index is 0.0142. The van der Waals surface area contributed by atoms with Gasteiger partial charge in [0.1, 0.15) is 11.6 Å². The van der Waals surface area contributed by atoms with Crippen LogP contribution >= 0.6 is 0 Å². The summed E-state index contributed by atoms with van der Waals surface area (Å²) in [5.74, 6) is -1.42. The number of rotatable bonds is 2. The molecule has 1 heterocycles. The van der Waals surface area contributed by atoms with Crippen LogP contribution < -0.4 is 16.6 Å². The van der Waals surface area contributed by atoms with Crippen molar-refractivity contribution in [3.8, 4) is 0 Å². The zero-order valence-electron chi connectivity index (χ0n) is 8.58. The number of H-pyrrole nitrogens is 2. The molecule has 1 aromatic heterocycles. The molecule has 2 rings (SSSR count). The molecule has 5 N–H and O–H groups in total. The number of amides is 1. The summed E-state index contributed by atoms with van der Waals surface area (Å²) >= 11 is 0. The number of aromatic amines is 2. The van der Waals surface area contributed by atoms with Crippen molar-refractivity contribution in [1.29, 1.82) is 0 Å². The maximum atomic E-state index is 13.3. The fourth-order valence-corrected chi connectivity index (χ4v) is 1.32. The summed E-state index contributed by atoms with van der Waals surface area (Å²) < 4.78 is 13.3. The molecule has 0 aliphatic heterocycles. The van der Waals surface area contributed by atoms with E-state index >= 15 is 0 Å². The number of anilines is 2. The van der Waals surface area contributed by atoms with Crippen molar-refractivity contribution >= 4 is 17.4 Å². The maximum Gasteiger partial charge on any atom is 0.289 e. The molecule has 0 atom stereocenters. The van der Waals surface area contributed by atoms with Crippen LogP contribution in [0.1, 0.15) is 10.4 Å². The standard InChI is InChI=1S/C10H9FN4O2/c11-6-4-2-1-3-5(6)9(16)13-7-8(12)14-15-10(7)17/h1-4H,(H,13,16)(H4,12,14,15,17). The third-order valence-electron chi connectivity index (χ3n) is 2.16. The monoisotopic (exact) mass is 236 g/mol. The van der Waals surface area contributed by atoms with Crippen molar-refractivity contribution < 1.29 is 9.18 Å². The summed E-state index contributed by atoms with van der Waals surface area (Å²) in [6.07, 6.45) is 0. The van der Waals surface area contributed by atoms with E-state index in [1.807, 2.05) is 0 Å². The highest BCUT2D eigenvalue weighted by Gasteiger charge is 2.15. The molecule has 6 nitrogen and oxygen atoms in total. The van der Waals surface area contributed by atoms with Crippen molar-refractivity contribution in [2.24, 2.45) is 0 Å². The predicted octanol–water partition coefficient (Wildman–Crippen LogP) is 0.677. The van der Waals surface area contributed by atoms with Crippen LogP contribution in [0.15, 0.2) is 29.1 Å². The summed E-state index contributed by atoms with van der Waals surface area (Å²) in [6, 6.07) is 5.44. The second kappa shape index (κ2) is 4.12. The van der Waals surface area contributed by atoms with E-state index in [-0.39, 0.29) is 17.1 Å². The van der Waals surface area contributed by atoms with E-state index in [1.54, 1.807) is 0 Å². The van der Waals surface area contributed by atoms with Gasteiger partial charge in [0.25, 0.3) is 11.5 Å². The van der Waals surface area contributed by atoms with Crippen LogP contribution in [-0.2, 0) is 0 Å². The average Bonchev–Trinajstić information content (AvgIpc) is 2.61. The number of carbonyl (C=O) groups is 1. The maximum absolute atomic E-state index is 13.3. The fourth-order valence-electron chi connectivity index (χ4n) is 1.32. The first-order valence-corrected chi connectivity index (χ1v) is 4.71. The molecule has 0 saturated carbocycles. The molecule has 0 fully saturated rings. The van der Waals surface area contributed by atoms with Gasteiger partial charge in [-0.15, -0.1) is 0 Å². The van der Waals surface area contributed by atoms with E-state index in [4.69, 9.17) is 5.73 Å². The fraction of sp³-hybridized carbons (Fsp3) is 0. The lowest BCUT2D eigenvalue weighted by molar-refractivity contribution is 0.102. The molecule has 2 aromatic rings. The van der Waals surface area contributed by atoms with Crippen molar-refractivity contribution in [2.75, 3.05) is 11.1 Å². The lowest BCUT2D eigenvalue weighted by Gasteiger charge is -2.03. The highest BCUT2D eigenvalue weighted by atomic mass is 19.1. The molecule has 1 amide bonds. The van der Waals surface area contributed by atoms with E-state index in [1.165, 1.54) is 18.2 Å². The number of aromatic nitrogens is 2. The molecule has 0 radical (unpaired) electrons. The highest BCUT2D eigenvalue weighted by molar-refractivity contribution is 6.05. The normalized spacial score (nSPS) is 10.2. The van der Waals surface area contributed by atoms with Crippen LogP contribution in [0.2, 0.25) is 0 Å². The van der Waals surface area contributed by atoms with Crippen LogP contribution in [0, 0.1) is 5.82 Å². The Morgan fingerprint density at radius 3 is 2.59 bits per heavy atom. The Bertz CT molecular complexity index is 617. The number of nitrogens with one attached hydrogen (secondary N) is 3. The van der Waals surface area contributed by atoms with Crippen LogP contribution in [0.25, 0.3) is 0 Å². The molecule has 0 saturated heterocycles.